The van der Waals surface area contributed by atoms with Gasteiger partial charge in [0.1, 0.15) is 11.3 Å². The highest BCUT2D eigenvalue weighted by atomic mass is 19.4. The number of nitrogens with two attached hydrogens (primary N) is 1. The van der Waals surface area contributed by atoms with Crippen LogP contribution in [0.2, 0.25) is 0 Å². The lowest BCUT2D eigenvalue weighted by Gasteiger charge is -2.14. The van der Waals surface area contributed by atoms with Crippen LogP contribution in [-0.2, 0) is 6.18 Å². The standard InChI is InChI=1S/C8H6F5NO/c9-7(10)15-5-3-1-2-4(14)6(5)8(11,12)13/h1-3,7H,14H2. The van der Waals surface area contributed by atoms with Crippen LogP contribution >= 0.6 is 0 Å². The normalized spacial score (nSPS) is 11.9. The van der Waals surface area contributed by atoms with E-state index in [2.05, 4.69) is 4.74 Å². The second kappa shape index (κ2) is 3.92. The molecule has 1 rings (SSSR count). The van der Waals surface area contributed by atoms with Crippen molar-refractivity contribution in [2.75, 3.05) is 5.73 Å². The molecule has 0 spiro atoms. The minimum atomic E-state index is -4.82. The molecule has 7 heteroatoms. The molecule has 0 saturated carbocycles. The van der Waals surface area contributed by atoms with Gasteiger partial charge in [0.05, 0.1) is 0 Å². The molecule has 0 aliphatic heterocycles. The van der Waals surface area contributed by atoms with E-state index in [0.717, 1.165) is 18.2 Å². The Morgan fingerprint density at radius 2 is 1.80 bits per heavy atom. The molecule has 0 unspecified atom stereocenters. The number of benzene rings is 1. The maximum absolute atomic E-state index is 12.4. The second-order valence-electron chi connectivity index (χ2n) is 2.60. The van der Waals surface area contributed by atoms with Crippen molar-refractivity contribution < 1.29 is 26.7 Å². The van der Waals surface area contributed by atoms with Gasteiger partial charge < -0.3 is 10.5 Å². The smallest absolute Gasteiger partial charge is 0.421 e. The van der Waals surface area contributed by atoms with Crippen LogP contribution in [0.3, 0.4) is 0 Å². The van der Waals surface area contributed by atoms with Crippen LogP contribution in [0.1, 0.15) is 5.56 Å². The van der Waals surface area contributed by atoms with E-state index in [1.807, 2.05) is 0 Å². The van der Waals surface area contributed by atoms with Crippen molar-refractivity contribution in [3.05, 3.63) is 23.8 Å². The Hall–Kier alpha value is -1.53. The molecule has 2 N–H and O–H groups in total. The minimum Gasteiger partial charge on any atom is -0.434 e. The van der Waals surface area contributed by atoms with Crippen molar-refractivity contribution in [2.45, 2.75) is 12.8 Å². The highest BCUT2D eigenvalue weighted by Gasteiger charge is 2.37. The predicted octanol–water partition coefficient (Wildman–Crippen LogP) is 2.89. The third-order valence-electron chi connectivity index (χ3n) is 1.56. The summed E-state index contributed by atoms with van der Waals surface area (Å²) in [5, 5.41) is 0. The highest BCUT2D eigenvalue weighted by Crippen LogP contribution is 2.40. The first-order valence-electron chi connectivity index (χ1n) is 3.73. The molecule has 84 valence electrons. The molecule has 0 aliphatic rings. The Labute approximate surface area is 81.4 Å². The quantitative estimate of drug-likeness (QED) is 0.622. The summed E-state index contributed by atoms with van der Waals surface area (Å²) >= 11 is 0. The van der Waals surface area contributed by atoms with Gasteiger partial charge in [-0.1, -0.05) is 6.07 Å². The third kappa shape index (κ3) is 2.71. The maximum atomic E-state index is 12.4. The van der Waals surface area contributed by atoms with Crippen molar-refractivity contribution in [2.24, 2.45) is 0 Å². The maximum Gasteiger partial charge on any atom is 0.421 e. The Morgan fingerprint density at radius 1 is 1.20 bits per heavy atom. The molecular formula is C8H6F5NO. The number of anilines is 1. The molecule has 0 saturated heterocycles. The fraction of sp³-hybridized carbons (Fsp3) is 0.250. The Kier molecular flexibility index (Phi) is 3.01. The van der Waals surface area contributed by atoms with Crippen molar-refractivity contribution in [3.63, 3.8) is 0 Å². The molecule has 1 aromatic carbocycles. The molecule has 0 aliphatic carbocycles. The first kappa shape index (κ1) is 11.5. The molecule has 0 amide bonds. The Bertz CT molecular complexity index is 349. The largest absolute Gasteiger partial charge is 0.434 e. The van der Waals surface area contributed by atoms with Gasteiger partial charge in [-0.25, -0.2) is 0 Å². The first-order chi connectivity index (χ1) is 6.82. The van der Waals surface area contributed by atoms with Crippen LogP contribution in [0.5, 0.6) is 5.75 Å². The highest BCUT2D eigenvalue weighted by molar-refractivity contribution is 5.55. The lowest BCUT2D eigenvalue weighted by molar-refractivity contribution is -0.141. The van der Waals surface area contributed by atoms with Crippen molar-refractivity contribution in [3.8, 4) is 5.75 Å². The lowest BCUT2D eigenvalue weighted by atomic mass is 10.1. The van der Waals surface area contributed by atoms with Gasteiger partial charge in [0.25, 0.3) is 0 Å². The van der Waals surface area contributed by atoms with Gasteiger partial charge in [-0.3, -0.25) is 0 Å². The third-order valence-corrected chi connectivity index (χ3v) is 1.56. The summed E-state index contributed by atoms with van der Waals surface area (Å²) in [6.45, 7) is -3.33. The number of hydrogen-bond donors (Lipinski definition) is 1. The summed E-state index contributed by atoms with van der Waals surface area (Å²) in [7, 11) is 0. The molecule has 2 nitrogen and oxygen atoms in total. The molecule has 0 fully saturated rings. The summed E-state index contributed by atoms with van der Waals surface area (Å²) in [4.78, 5) is 0. The van der Waals surface area contributed by atoms with Crippen molar-refractivity contribution >= 4 is 5.69 Å². The van der Waals surface area contributed by atoms with E-state index in [4.69, 9.17) is 5.73 Å². The number of hydrogen-bond acceptors (Lipinski definition) is 2. The SMILES string of the molecule is Nc1cccc(OC(F)F)c1C(F)(F)F. The molecule has 0 radical (unpaired) electrons. The fourth-order valence-corrected chi connectivity index (χ4v) is 1.05. The number of nitrogen functional groups attached to an aromatic ring is 1. The summed E-state index contributed by atoms with van der Waals surface area (Å²) in [5.74, 6) is -0.975. The van der Waals surface area contributed by atoms with Gasteiger partial charge in [-0.15, -0.1) is 0 Å². The number of rotatable bonds is 2. The summed E-state index contributed by atoms with van der Waals surface area (Å²) in [6, 6.07) is 2.84. The van der Waals surface area contributed by atoms with Gasteiger partial charge in [0.15, 0.2) is 0 Å². The van der Waals surface area contributed by atoms with Gasteiger partial charge >= 0.3 is 12.8 Å². The van der Waals surface area contributed by atoms with E-state index in [1.165, 1.54) is 0 Å². The van der Waals surface area contributed by atoms with Gasteiger partial charge in [0, 0.05) is 5.69 Å². The van der Waals surface area contributed by atoms with Crippen LogP contribution in [-0.4, -0.2) is 6.61 Å². The van der Waals surface area contributed by atoms with Crippen LogP contribution in [0, 0.1) is 0 Å². The van der Waals surface area contributed by atoms with E-state index in [-0.39, 0.29) is 0 Å². The average molecular weight is 227 g/mol. The monoisotopic (exact) mass is 227 g/mol. The zero-order chi connectivity index (χ0) is 11.6. The Balaban J connectivity index is 3.21. The van der Waals surface area contributed by atoms with E-state index in [1.54, 1.807) is 0 Å². The zero-order valence-corrected chi connectivity index (χ0v) is 7.18. The van der Waals surface area contributed by atoms with Crippen molar-refractivity contribution in [1.82, 2.24) is 0 Å². The molecule has 0 bridgehead atoms. The molecule has 0 atom stereocenters. The Morgan fingerprint density at radius 3 is 2.27 bits per heavy atom. The summed E-state index contributed by atoms with van der Waals surface area (Å²) < 4.78 is 64.4. The van der Waals surface area contributed by atoms with Gasteiger partial charge in [-0.2, -0.15) is 22.0 Å². The van der Waals surface area contributed by atoms with E-state index >= 15 is 0 Å². The molecule has 1 aromatic rings. The van der Waals surface area contributed by atoms with E-state index < -0.39 is 29.8 Å². The van der Waals surface area contributed by atoms with Gasteiger partial charge in [-0.05, 0) is 12.1 Å². The zero-order valence-electron chi connectivity index (χ0n) is 7.18. The molecule has 0 heterocycles. The molecule has 15 heavy (non-hydrogen) atoms. The van der Waals surface area contributed by atoms with Crippen LogP contribution < -0.4 is 10.5 Å². The van der Waals surface area contributed by atoms with E-state index in [0.29, 0.717) is 0 Å². The minimum absolute atomic E-state index is 0.652. The predicted molar refractivity (Wildman–Crippen MR) is 42.5 cm³/mol. The van der Waals surface area contributed by atoms with Gasteiger partial charge in [0.2, 0.25) is 0 Å². The van der Waals surface area contributed by atoms with E-state index in [9.17, 15) is 22.0 Å². The van der Waals surface area contributed by atoms with Crippen LogP contribution in [0.15, 0.2) is 18.2 Å². The number of alkyl halides is 5. The summed E-state index contributed by atoms with van der Waals surface area (Å²) in [5.41, 5.74) is 3.00. The number of halogens is 5. The second-order valence-corrected chi connectivity index (χ2v) is 2.60. The first-order valence-corrected chi connectivity index (χ1v) is 3.73. The summed E-state index contributed by atoms with van der Waals surface area (Å²) in [6.07, 6.45) is -4.82. The molecule has 0 aromatic heterocycles. The van der Waals surface area contributed by atoms with Crippen LogP contribution in [0.4, 0.5) is 27.6 Å². The lowest BCUT2D eigenvalue weighted by Crippen LogP contribution is -2.13. The fourth-order valence-electron chi connectivity index (χ4n) is 1.05. The van der Waals surface area contributed by atoms with Crippen molar-refractivity contribution in [1.29, 1.82) is 0 Å². The number of ether oxygens (including phenoxy) is 1. The van der Waals surface area contributed by atoms with Crippen LogP contribution in [0.25, 0.3) is 0 Å². The average Bonchev–Trinajstić information content (AvgIpc) is 1.99. The molecular weight excluding hydrogens is 221 g/mol. The topological polar surface area (TPSA) is 35.2 Å².